The van der Waals surface area contributed by atoms with Crippen molar-refractivity contribution in [2.75, 3.05) is 13.1 Å². The van der Waals surface area contributed by atoms with Crippen molar-refractivity contribution in [3.8, 4) is 0 Å². The van der Waals surface area contributed by atoms with Crippen LogP contribution in [0.5, 0.6) is 0 Å². The molecular weight excluding hydrogens is 463 g/mol. The van der Waals surface area contributed by atoms with Gasteiger partial charge < -0.3 is 13.1 Å². The Kier molecular flexibility index (Phi) is 14.4. The molecule has 0 aromatic carbocycles. The fourth-order valence-electron chi connectivity index (χ4n) is 4.47. The summed E-state index contributed by atoms with van der Waals surface area (Å²) >= 11 is 0. The highest BCUT2D eigenvalue weighted by atomic mass is 28.4. The smallest absolute Gasteiger partial charge is 0.245 e. The van der Waals surface area contributed by atoms with Crippen molar-refractivity contribution in [2.24, 2.45) is 0 Å². The molecule has 0 aliphatic rings. The van der Waals surface area contributed by atoms with Gasteiger partial charge in [0.1, 0.15) is 0 Å². The maximum absolute atomic E-state index is 12.5. The van der Waals surface area contributed by atoms with Gasteiger partial charge in [0.05, 0.1) is 0 Å². The van der Waals surface area contributed by atoms with E-state index in [0.29, 0.717) is 0 Å². The van der Waals surface area contributed by atoms with E-state index in [-0.39, 0.29) is 5.91 Å². The summed E-state index contributed by atoms with van der Waals surface area (Å²) in [5.41, 5.74) is 0. The molecule has 190 valence electrons. The zero-order valence-electron chi connectivity index (χ0n) is 23.2. The van der Waals surface area contributed by atoms with Gasteiger partial charge in [-0.3, -0.25) is 4.79 Å². The molecule has 0 aromatic rings. The van der Waals surface area contributed by atoms with E-state index < -0.39 is 33.3 Å². The first-order valence-corrected chi connectivity index (χ1v) is 25.4. The summed E-state index contributed by atoms with van der Waals surface area (Å²) in [5.74, 6) is 0.0512. The Hall–Kier alpha value is -0.00247. The summed E-state index contributed by atoms with van der Waals surface area (Å²) in [6, 6.07) is 4.57. The number of carbonyl (C=O) groups excluding carboxylic acids is 1. The van der Waals surface area contributed by atoms with Gasteiger partial charge in [-0.15, -0.1) is 0 Å². The molecule has 0 rings (SSSR count). The number of nitrogens with zero attached hydrogens (tertiary/aromatic N) is 1. The largest absolute Gasteiger partial charge is 0.455 e. The molecule has 0 unspecified atom stereocenters. The molecule has 4 nitrogen and oxygen atoms in total. The van der Waals surface area contributed by atoms with Gasteiger partial charge >= 0.3 is 0 Å². The Labute approximate surface area is 205 Å². The third-order valence-electron chi connectivity index (χ3n) is 6.05. The second-order valence-corrected chi connectivity index (χ2v) is 29.5. The predicted molar refractivity (Wildman–Crippen MR) is 153 cm³/mol. The Morgan fingerprint density at radius 3 is 1.44 bits per heavy atom. The van der Waals surface area contributed by atoms with E-state index in [0.717, 1.165) is 31.6 Å². The van der Waals surface area contributed by atoms with Gasteiger partial charge in [0.25, 0.3) is 0 Å². The Morgan fingerprint density at radius 1 is 0.688 bits per heavy atom. The van der Waals surface area contributed by atoms with E-state index in [1.807, 2.05) is 4.90 Å². The fourth-order valence-corrected chi connectivity index (χ4v) is 22.3. The minimum Gasteiger partial charge on any atom is -0.455 e. The van der Waals surface area contributed by atoms with E-state index in [2.05, 4.69) is 72.8 Å². The summed E-state index contributed by atoms with van der Waals surface area (Å²) in [6.45, 7) is 28.6. The van der Waals surface area contributed by atoms with E-state index in [1.54, 1.807) is 0 Å². The molecule has 1 amide bonds. The second kappa shape index (κ2) is 14.4. The van der Waals surface area contributed by atoms with Gasteiger partial charge in [0.2, 0.25) is 5.91 Å². The highest BCUT2D eigenvalue weighted by Gasteiger charge is 2.34. The molecule has 0 bridgehead atoms. The zero-order chi connectivity index (χ0) is 25.1. The van der Waals surface area contributed by atoms with Gasteiger partial charge in [-0.25, -0.2) is 0 Å². The molecule has 0 N–H and O–H groups in total. The van der Waals surface area contributed by atoms with Crippen LogP contribution in [0.4, 0.5) is 0 Å². The van der Waals surface area contributed by atoms with Gasteiger partial charge in [-0.05, 0) is 89.0 Å². The predicted octanol–water partition coefficient (Wildman–Crippen LogP) is 7.84. The molecule has 0 saturated heterocycles. The minimum absolute atomic E-state index is 0.0512. The van der Waals surface area contributed by atoms with Crippen LogP contribution < -0.4 is 0 Å². The molecule has 0 aliphatic heterocycles. The Bertz CT molecular complexity index is 565. The molecule has 0 spiro atoms. The summed E-state index contributed by atoms with van der Waals surface area (Å²) in [6.07, 6.45) is 7.47. The molecule has 0 aliphatic carbocycles. The van der Waals surface area contributed by atoms with Gasteiger partial charge in [-0.1, -0.05) is 46.1 Å². The molecule has 0 aromatic heterocycles. The summed E-state index contributed by atoms with van der Waals surface area (Å²) in [7, 11) is -6.72. The number of amides is 1. The lowest BCUT2D eigenvalue weighted by molar-refractivity contribution is -0.125. The highest BCUT2D eigenvalue weighted by Crippen LogP contribution is 2.26. The zero-order valence-corrected chi connectivity index (χ0v) is 27.2. The maximum Gasteiger partial charge on any atom is 0.245 e. The number of hydrogen-bond acceptors (Lipinski definition) is 3. The fraction of sp³-hybridized carbons (Fsp3) is 0.875. The van der Waals surface area contributed by atoms with E-state index >= 15 is 0 Å². The number of unbranched alkanes of at least 4 members (excludes halogenated alkanes) is 2. The highest BCUT2D eigenvalue weighted by molar-refractivity contribution is 6.85. The first kappa shape index (κ1) is 32.0. The topological polar surface area (TPSA) is 38.8 Å². The summed E-state index contributed by atoms with van der Waals surface area (Å²) in [4.78, 5) is 14.5. The molecule has 0 atom stereocenters. The van der Waals surface area contributed by atoms with Crippen LogP contribution in [0.1, 0.15) is 46.0 Å². The van der Waals surface area contributed by atoms with Crippen molar-refractivity contribution < 1.29 is 13.0 Å². The van der Waals surface area contributed by atoms with Crippen LogP contribution in [-0.2, 0) is 13.0 Å². The van der Waals surface area contributed by atoms with Crippen molar-refractivity contribution in [2.45, 2.75) is 123 Å². The third-order valence-corrected chi connectivity index (χ3v) is 21.0. The molecule has 8 heteroatoms. The molecule has 32 heavy (non-hydrogen) atoms. The third kappa shape index (κ3) is 15.0. The van der Waals surface area contributed by atoms with E-state index in [4.69, 9.17) is 8.23 Å². The lowest BCUT2D eigenvalue weighted by atomic mass is 10.4. The average molecular weight is 518 g/mol. The van der Waals surface area contributed by atoms with Crippen molar-refractivity contribution in [1.82, 2.24) is 4.90 Å². The molecule has 0 heterocycles. The van der Waals surface area contributed by atoms with Crippen LogP contribution in [0.2, 0.25) is 76.6 Å². The average Bonchev–Trinajstić information content (AvgIpc) is 2.65. The van der Waals surface area contributed by atoms with Crippen LogP contribution >= 0.6 is 0 Å². The number of carbonyl (C=O) groups is 1. The number of rotatable bonds is 18. The first-order chi connectivity index (χ1) is 14.6. The van der Waals surface area contributed by atoms with Crippen molar-refractivity contribution >= 4 is 39.2 Å². The van der Waals surface area contributed by atoms with E-state index in [1.165, 1.54) is 43.8 Å². The van der Waals surface area contributed by atoms with Crippen LogP contribution in [0, 0.1) is 0 Å². The van der Waals surface area contributed by atoms with Crippen molar-refractivity contribution in [3.63, 3.8) is 0 Å². The van der Waals surface area contributed by atoms with Crippen molar-refractivity contribution in [1.29, 1.82) is 0 Å². The van der Waals surface area contributed by atoms with Crippen LogP contribution in [0.25, 0.3) is 0 Å². The minimum atomic E-state index is -1.81. The van der Waals surface area contributed by atoms with Crippen molar-refractivity contribution in [3.05, 3.63) is 12.7 Å². The lowest BCUT2D eigenvalue weighted by Crippen LogP contribution is -2.47. The van der Waals surface area contributed by atoms with Gasteiger partial charge in [0, 0.05) is 13.1 Å². The van der Waals surface area contributed by atoms with Crippen LogP contribution in [-0.4, -0.2) is 57.2 Å². The Balaban J connectivity index is 4.81. The quantitative estimate of drug-likeness (QED) is 0.137. The monoisotopic (exact) mass is 517 g/mol. The van der Waals surface area contributed by atoms with E-state index in [9.17, 15) is 4.79 Å². The SMILES string of the molecule is C=CC(=O)N(CCC[Si](C)(C)O[Si](C)(C)CCCC)CC[Si](C)(C)O[Si](C)(C)CCCC. The molecular formula is C24H55NO3Si4. The van der Waals surface area contributed by atoms with Gasteiger partial charge in [0.15, 0.2) is 33.3 Å². The molecule has 0 saturated carbocycles. The maximum atomic E-state index is 12.5. The van der Waals surface area contributed by atoms with Crippen LogP contribution in [0.3, 0.4) is 0 Å². The standard InChI is InChI=1S/C24H55NO3Si4/c1-12-15-20-29(4,5)27-31(8,9)22-17-18-25(24(26)14-3)19-23-32(10,11)28-30(6,7)21-16-13-2/h14H,3,12-13,15-23H2,1-2,4-11H3. The summed E-state index contributed by atoms with van der Waals surface area (Å²) in [5, 5.41) is 0. The molecule has 0 radical (unpaired) electrons. The molecule has 0 fully saturated rings. The normalized spacial score (nSPS) is 13.3. The van der Waals surface area contributed by atoms with Crippen LogP contribution in [0.15, 0.2) is 12.7 Å². The lowest BCUT2D eigenvalue weighted by Gasteiger charge is -2.36. The first-order valence-electron chi connectivity index (χ1n) is 12.9. The Morgan fingerprint density at radius 2 is 1.06 bits per heavy atom. The number of hydrogen-bond donors (Lipinski definition) is 0. The summed E-state index contributed by atoms with van der Waals surface area (Å²) < 4.78 is 13.5. The van der Waals surface area contributed by atoms with Gasteiger partial charge in [-0.2, -0.15) is 0 Å². The second-order valence-electron chi connectivity index (χ2n) is 11.8.